The average molecular weight is 389 g/mol. The predicted molar refractivity (Wildman–Crippen MR) is 99.1 cm³/mol. The van der Waals surface area contributed by atoms with Gasteiger partial charge in [-0.3, -0.25) is 0 Å². The topological polar surface area (TPSA) is 82.1 Å². The number of nitrogens with zero attached hydrogens (tertiary/aromatic N) is 1. The van der Waals surface area contributed by atoms with Gasteiger partial charge in [0.1, 0.15) is 23.4 Å². The molecule has 0 saturated carbocycles. The number of allylic oxidation sites excluding steroid dienone is 2. The Hall–Kier alpha value is -2.12. The Balaban J connectivity index is 5.95. The van der Waals surface area contributed by atoms with Gasteiger partial charge in [-0.1, -0.05) is 12.2 Å². The molecule has 1 unspecified atom stereocenters. The van der Waals surface area contributed by atoms with E-state index in [-0.39, 0.29) is 6.61 Å². The number of halogens is 1. The van der Waals surface area contributed by atoms with Gasteiger partial charge in [0.2, 0.25) is 0 Å². The van der Waals surface area contributed by atoms with E-state index in [4.69, 9.17) is 14.2 Å². The molecule has 7 nitrogen and oxygen atoms in total. The van der Waals surface area contributed by atoms with Crippen LogP contribution in [0.5, 0.6) is 0 Å². The minimum absolute atomic E-state index is 0.00633. The van der Waals surface area contributed by atoms with Gasteiger partial charge in [0.05, 0.1) is 6.61 Å². The summed E-state index contributed by atoms with van der Waals surface area (Å²) < 4.78 is 29.6. The van der Waals surface area contributed by atoms with Crippen molar-refractivity contribution in [1.29, 1.82) is 0 Å². The highest BCUT2D eigenvalue weighted by Crippen LogP contribution is 2.21. The third kappa shape index (κ3) is 9.96. The Labute approximate surface area is 160 Å². The third-order valence-electron chi connectivity index (χ3n) is 2.90. The van der Waals surface area contributed by atoms with Crippen LogP contribution in [-0.2, 0) is 19.0 Å². The van der Waals surface area contributed by atoms with Crippen molar-refractivity contribution in [3.8, 4) is 0 Å². The van der Waals surface area contributed by atoms with Gasteiger partial charge >= 0.3 is 18.2 Å². The molecule has 0 aromatic rings. The molecule has 2 atom stereocenters. The van der Waals surface area contributed by atoms with Crippen molar-refractivity contribution >= 4 is 18.2 Å². The van der Waals surface area contributed by atoms with E-state index in [0.717, 1.165) is 0 Å². The van der Waals surface area contributed by atoms with Crippen molar-refractivity contribution in [2.45, 2.75) is 85.2 Å². The van der Waals surface area contributed by atoms with Gasteiger partial charge < -0.3 is 14.2 Å². The highest BCUT2D eigenvalue weighted by Gasteiger charge is 2.42. The number of amides is 2. The molecule has 0 aliphatic heterocycles. The third-order valence-corrected chi connectivity index (χ3v) is 2.90. The Morgan fingerprint density at radius 1 is 1.00 bits per heavy atom. The summed E-state index contributed by atoms with van der Waals surface area (Å²) in [7, 11) is 0. The molecule has 0 fully saturated rings. The molecule has 0 aliphatic rings. The van der Waals surface area contributed by atoms with E-state index in [1.54, 1.807) is 55.4 Å². The highest BCUT2D eigenvalue weighted by molar-refractivity contribution is 5.94. The Morgan fingerprint density at radius 3 is 1.78 bits per heavy atom. The summed E-state index contributed by atoms with van der Waals surface area (Å²) in [5.41, 5.74) is -1.87. The predicted octanol–water partition coefficient (Wildman–Crippen LogP) is 4.39. The van der Waals surface area contributed by atoms with Gasteiger partial charge in [0.25, 0.3) is 0 Å². The Bertz CT molecular complexity index is 519. The summed E-state index contributed by atoms with van der Waals surface area (Å²) in [4.78, 5) is 38.1. The minimum Gasteiger partial charge on any atom is -0.464 e. The second-order valence-electron chi connectivity index (χ2n) is 7.88. The van der Waals surface area contributed by atoms with Crippen molar-refractivity contribution in [1.82, 2.24) is 4.90 Å². The molecule has 2 amide bonds. The molecule has 0 heterocycles. The number of hydrogen-bond acceptors (Lipinski definition) is 6. The first-order valence-corrected chi connectivity index (χ1v) is 8.90. The van der Waals surface area contributed by atoms with Crippen molar-refractivity contribution in [3.63, 3.8) is 0 Å². The second kappa shape index (κ2) is 10.3. The SMILES string of the molecule is C/C=C/C(F)C[C@@H](C(=O)OCC)N(C(=O)OC(C)(C)C)C(=O)OC(C)(C)C. The number of rotatable bonds is 6. The molecule has 0 aromatic carbocycles. The summed E-state index contributed by atoms with van der Waals surface area (Å²) in [5.74, 6) is -0.915. The van der Waals surface area contributed by atoms with Crippen LogP contribution in [0.4, 0.5) is 14.0 Å². The molecular weight excluding hydrogens is 357 g/mol. The van der Waals surface area contributed by atoms with Crippen LogP contribution in [-0.4, -0.2) is 53.1 Å². The number of carbonyl (C=O) groups excluding carboxylic acids is 3. The quantitative estimate of drug-likeness (QED) is 0.380. The fourth-order valence-corrected chi connectivity index (χ4v) is 2.00. The van der Waals surface area contributed by atoms with E-state index >= 15 is 0 Å². The molecule has 0 spiro atoms. The van der Waals surface area contributed by atoms with Gasteiger partial charge in [-0.25, -0.2) is 18.8 Å². The molecule has 0 N–H and O–H groups in total. The molecular formula is C19H32FNO6. The van der Waals surface area contributed by atoms with E-state index in [0.29, 0.717) is 4.90 Å². The lowest BCUT2D eigenvalue weighted by molar-refractivity contribution is -0.149. The number of imide groups is 1. The van der Waals surface area contributed by atoms with Crippen molar-refractivity contribution in [2.24, 2.45) is 0 Å². The molecule has 8 heteroatoms. The van der Waals surface area contributed by atoms with Gasteiger partial charge in [-0.05, 0) is 55.4 Å². The zero-order valence-electron chi connectivity index (χ0n) is 17.5. The first kappa shape index (κ1) is 24.9. The fourth-order valence-electron chi connectivity index (χ4n) is 2.00. The zero-order valence-corrected chi connectivity index (χ0v) is 17.5. The average Bonchev–Trinajstić information content (AvgIpc) is 2.43. The van der Waals surface area contributed by atoms with Crippen LogP contribution in [0.25, 0.3) is 0 Å². The standard InChI is InChI=1S/C19H32FNO6/c1-9-11-13(20)12-14(15(22)25-10-2)21(16(23)26-18(3,4)5)17(24)27-19(6,7)8/h9,11,13-14H,10,12H2,1-8H3/b11-9+/t13?,14-/m0/s1. The van der Waals surface area contributed by atoms with Gasteiger partial charge in [0, 0.05) is 6.42 Å². The maximum atomic E-state index is 14.2. The fraction of sp³-hybridized carbons (Fsp3) is 0.737. The number of alkyl halides is 1. The van der Waals surface area contributed by atoms with Crippen LogP contribution in [0.1, 0.15) is 61.8 Å². The summed E-state index contributed by atoms with van der Waals surface area (Å²) in [6, 6.07) is -1.53. The largest absolute Gasteiger partial charge is 0.464 e. The van der Waals surface area contributed by atoms with Crippen LogP contribution in [0.15, 0.2) is 12.2 Å². The monoisotopic (exact) mass is 389 g/mol. The first-order valence-electron chi connectivity index (χ1n) is 8.90. The molecule has 156 valence electrons. The van der Waals surface area contributed by atoms with Crippen molar-refractivity contribution < 1.29 is 33.0 Å². The van der Waals surface area contributed by atoms with E-state index in [1.165, 1.54) is 12.2 Å². The lowest BCUT2D eigenvalue weighted by atomic mass is 10.1. The van der Waals surface area contributed by atoms with E-state index < -0.39 is 48.0 Å². The highest BCUT2D eigenvalue weighted by atomic mass is 19.1. The Kier molecular flexibility index (Phi) is 9.47. The lowest BCUT2D eigenvalue weighted by Crippen LogP contribution is -2.53. The molecule has 0 saturated heterocycles. The van der Waals surface area contributed by atoms with Crippen LogP contribution in [0.3, 0.4) is 0 Å². The van der Waals surface area contributed by atoms with Gasteiger partial charge in [-0.15, -0.1) is 0 Å². The van der Waals surface area contributed by atoms with Gasteiger partial charge in [-0.2, -0.15) is 4.90 Å². The van der Waals surface area contributed by atoms with Crippen LogP contribution in [0, 0.1) is 0 Å². The second-order valence-corrected chi connectivity index (χ2v) is 7.88. The molecule has 0 bridgehead atoms. The van der Waals surface area contributed by atoms with Crippen LogP contribution in [0.2, 0.25) is 0 Å². The molecule has 0 rings (SSSR count). The zero-order chi connectivity index (χ0) is 21.4. The summed E-state index contributed by atoms with van der Waals surface area (Å²) in [6.07, 6.45) is -1.57. The Morgan fingerprint density at radius 2 is 1.44 bits per heavy atom. The molecule has 0 aromatic heterocycles. The lowest BCUT2D eigenvalue weighted by Gasteiger charge is -2.32. The van der Waals surface area contributed by atoms with Crippen molar-refractivity contribution in [2.75, 3.05) is 6.61 Å². The molecule has 0 radical (unpaired) electrons. The molecule has 27 heavy (non-hydrogen) atoms. The summed E-state index contributed by atoms with van der Waals surface area (Å²) >= 11 is 0. The number of esters is 1. The number of hydrogen-bond donors (Lipinski definition) is 0. The van der Waals surface area contributed by atoms with E-state index in [9.17, 15) is 18.8 Å². The van der Waals surface area contributed by atoms with Crippen LogP contribution < -0.4 is 0 Å². The normalized spacial score (nSPS) is 14.4. The smallest absolute Gasteiger partial charge is 0.420 e. The maximum absolute atomic E-state index is 14.2. The van der Waals surface area contributed by atoms with Crippen molar-refractivity contribution in [3.05, 3.63) is 12.2 Å². The van der Waals surface area contributed by atoms with E-state index in [1.807, 2.05) is 0 Å². The first-order chi connectivity index (χ1) is 12.2. The maximum Gasteiger partial charge on any atom is 0.420 e. The summed E-state index contributed by atoms with van der Waals surface area (Å²) in [6.45, 7) is 12.8. The minimum atomic E-state index is -1.57. The van der Waals surface area contributed by atoms with E-state index in [2.05, 4.69) is 0 Å². The summed E-state index contributed by atoms with van der Waals surface area (Å²) in [5, 5.41) is 0. The number of carbonyl (C=O) groups is 3. The van der Waals surface area contributed by atoms with Crippen LogP contribution >= 0.6 is 0 Å². The molecule has 0 aliphatic carbocycles. The number of ether oxygens (including phenoxy) is 3. The van der Waals surface area contributed by atoms with Gasteiger partial charge in [0.15, 0.2) is 0 Å².